The number of hydrogen-bond donors (Lipinski definition) is 1. The summed E-state index contributed by atoms with van der Waals surface area (Å²) in [6.45, 7) is 2.33. The second-order valence-electron chi connectivity index (χ2n) is 5.33. The third-order valence-electron chi connectivity index (χ3n) is 3.98. The van der Waals surface area contributed by atoms with Gasteiger partial charge in [0.2, 0.25) is 0 Å². The minimum Gasteiger partial charge on any atom is -0.456 e. The van der Waals surface area contributed by atoms with Crippen LogP contribution in [-0.2, 0) is 25.6 Å². The summed E-state index contributed by atoms with van der Waals surface area (Å²) >= 11 is 0. The van der Waals surface area contributed by atoms with Gasteiger partial charge in [0.15, 0.2) is 12.4 Å². The van der Waals surface area contributed by atoms with E-state index in [0.717, 1.165) is 5.56 Å². The molecule has 5 nitrogen and oxygen atoms in total. The first-order valence-electron chi connectivity index (χ1n) is 6.82. The van der Waals surface area contributed by atoms with Crippen LogP contribution < -0.4 is 0 Å². The number of benzene rings is 1. The predicted octanol–water partition coefficient (Wildman–Crippen LogP) is 1.10. The first-order valence-corrected chi connectivity index (χ1v) is 6.82. The molecule has 3 rings (SSSR count). The van der Waals surface area contributed by atoms with Crippen molar-refractivity contribution in [3.63, 3.8) is 0 Å². The van der Waals surface area contributed by atoms with E-state index in [0.29, 0.717) is 6.61 Å². The van der Waals surface area contributed by atoms with Crippen LogP contribution in [0.4, 0.5) is 0 Å². The number of aliphatic hydroxyl groups excluding tert-OH is 1. The van der Waals surface area contributed by atoms with Gasteiger partial charge in [-0.1, -0.05) is 37.3 Å². The maximum absolute atomic E-state index is 11.7. The highest BCUT2D eigenvalue weighted by Crippen LogP contribution is 2.37. The number of rotatable bonds is 3. The minimum atomic E-state index is -0.682. The van der Waals surface area contributed by atoms with Crippen molar-refractivity contribution in [3.05, 3.63) is 35.9 Å². The van der Waals surface area contributed by atoms with E-state index in [9.17, 15) is 9.90 Å². The number of carbonyl (C=O) groups excluding carboxylic acids is 1. The van der Waals surface area contributed by atoms with Crippen molar-refractivity contribution in [2.75, 3.05) is 6.61 Å². The molecule has 2 aliphatic rings. The molecule has 5 heteroatoms. The fraction of sp³-hybridized carbons (Fsp3) is 0.533. The summed E-state index contributed by atoms with van der Waals surface area (Å²) in [7, 11) is 0. The van der Waals surface area contributed by atoms with E-state index < -0.39 is 18.5 Å². The summed E-state index contributed by atoms with van der Waals surface area (Å²) in [5, 5.41) is 9.96. The van der Waals surface area contributed by atoms with Gasteiger partial charge in [-0.25, -0.2) is 0 Å². The molecule has 0 unspecified atom stereocenters. The molecule has 2 saturated heterocycles. The molecule has 2 fully saturated rings. The van der Waals surface area contributed by atoms with Gasteiger partial charge in [-0.05, 0) is 5.56 Å². The van der Waals surface area contributed by atoms with Crippen LogP contribution in [0.15, 0.2) is 30.3 Å². The fourth-order valence-corrected chi connectivity index (χ4v) is 2.85. The van der Waals surface area contributed by atoms with E-state index in [1.54, 1.807) is 6.92 Å². The lowest BCUT2D eigenvalue weighted by molar-refractivity contribution is -0.252. The molecule has 2 aliphatic heterocycles. The second kappa shape index (κ2) is 5.52. The van der Waals surface area contributed by atoms with E-state index in [1.807, 2.05) is 30.3 Å². The van der Waals surface area contributed by atoms with Gasteiger partial charge in [0, 0.05) is 5.92 Å². The molecule has 1 N–H and O–H groups in total. The van der Waals surface area contributed by atoms with Gasteiger partial charge in [0.1, 0.15) is 0 Å². The highest BCUT2D eigenvalue weighted by Gasteiger charge is 2.52. The highest BCUT2D eigenvalue weighted by molar-refractivity contribution is 5.75. The minimum absolute atomic E-state index is 0.168. The number of fused-ring (bicyclic) bond motifs is 1. The van der Waals surface area contributed by atoms with Crippen LogP contribution in [0.5, 0.6) is 0 Å². The molecule has 5 atom stereocenters. The van der Waals surface area contributed by atoms with Gasteiger partial charge >= 0.3 is 5.97 Å². The Hall–Kier alpha value is -1.43. The van der Waals surface area contributed by atoms with E-state index in [1.165, 1.54) is 0 Å². The molecule has 0 bridgehead atoms. The average Bonchev–Trinajstić information content (AvgIpc) is 2.76. The molecule has 0 aliphatic carbocycles. The van der Waals surface area contributed by atoms with Crippen molar-refractivity contribution in [3.8, 4) is 0 Å². The van der Waals surface area contributed by atoms with E-state index in [-0.39, 0.29) is 24.4 Å². The van der Waals surface area contributed by atoms with Crippen molar-refractivity contribution in [2.45, 2.75) is 32.0 Å². The molecule has 20 heavy (non-hydrogen) atoms. The summed E-state index contributed by atoms with van der Waals surface area (Å²) in [6.07, 6.45) is -1.82. The Balaban J connectivity index is 1.67. The first-order chi connectivity index (χ1) is 9.66. The molecule has 0 amide bonds. The maximum Gasteiger partial charge on any atom is 0.309 e. The van der Waals surface area contributed by atoms with Crippen LogP contribution in [0.25, 0.3) is 0 Å². The van der Waals surface area contributed by atoms with Crippen LogP contribution in [0.3, 0.4) is 0 Å². The van der Waals surface area contributed by atoms with Crippen LogP contribution in [0.2, 0.25) is 0 Å². The van der Waals surface area contributed by atoms with Crippen molar-refractivity contribution in [1.29, 1.82) is 0 Å². The lowest BCUT2D eigenvalue weighted by atomic mass is 9.85. The molecule has 1 aromatic carbocycles. The fourth-order valence-electron chi connectivity index (χ4n) is 2.85. The molecule has 0 aromatic heterocycles. The third kappa shape index (κ3) is 2.44. The van der Waals surface area contributed by atoms with Crippen LogP contribution >= 0.6 is 0 Å². The summed E-state index contributed by atoms with van der Waals surface area (Å²) in [6, 6.07) is 9.72. The monoisotopic (exact) mass is 278 g/mol. The molecular weight excluding hydrogens is 260 g/mol. The number of hydrogen-bond acceptors (Lipinski definition) is 5. The molecular formula is C15H18O5. The Bertz CT molecular complexity index is 474. The zero-order valence-corrected chi connectivity index (χ0v) is 11.3. The van der Waals surface area contributed by atoms with Gasteiger partial charge < -0.3 is 19.3 Å². The molecule has 1 aromatic rings. The van der Waals surface area contributed by atoms with Crippen molar-refractivity contribution in [1.82, 2.24) is 0 Å². The highest BCUT2D eigenvalue weighted by atomic mass is 16.7. The smallest absolute Gasteiger partial charge is 0.309 e. The van der Waals surface area contributed by atoms with Crippen LogP contribution in [-0.4, -0.2) is 36.2 Å². The summed E-state index contributed by atoms with van der Waals surface area (Å²) in [4.78, 5) is 11.7. The lowest BCUT2D eigenvalue weighted by Crippen LogP contribution is -2.49. The maximum atomic E-state index is 11.7. The van der Waals surface area contributed by atoms with Gasteiger partial charge in [0.25, 0.3) is 0 Å². The Labute approximate surface area is 117 Å². The predicted molar refractivity (Wildman–Crippen MR) is 69.5 cm³/mol. The van der Waals surface area contributed by atoms with Gasteiger partial charge in [-0.3, -0.25) is 4.79 Å². The largest absolute Gasteiger partial charge is 0.456 e. The second-order valence-corrected chi connectivity index (χ2v) is 5.33. The SMILES string of the molecule is C[C@@H]1C(=O)O[C@H]2[C@@H](OCc3ccccc3)OC[C@H](O)[C@H]21. The summed E-state index contributed by atoms with van der Waals surface area (Å²) in [5.41, 5.74) is 1.02. The number of aliphatic hydroxyl groups is 1. The zero-order valence-electron chi connectivity index (χ0n) is 11.3. The quantitative estimate of drug-likeness (QED) is 0.839. The van der Waals surface area contributed by atoms with Gasteiger partial charge in [-0.2, -0.15) is 0 Å². The average molecular weight is 278 g/mol. The third-order valence-corrected chi connectivity index (χ3v) is 3.98. The first kappa shape index (κ1) is 13.5. The summed E-state index contributed by atoms with van der Waals surface area (Å²) in [5.74, 6) is -0.864. The van der Waals surface area contributed by atoms with Crippen LogP contribution in [0, 0.1) is 11.8 Å². The Morgan fingerprint density at radius 1 is 1.35 bits per heavy atom. The van der Waals surface area contributed by atoms with Gasteiger partial charge in [0.05, 0.1) is 25.2 Å². The topological polar surface area (TPSA) is 65.0 Å². The Morgan fingerprint density at radius 2 is 2.10 bits per heavy atom. The molecule has 0 spiro atoms. The standard InChI is InChI=1S/C15H18O5/c1-9-12-11(16)8-19-15(13(12)20-14(9)17)18-7-10-5-3-2-4-6-10/h2-6,9,11-13,15-16H,7-8H2,1H3/t9-,11-,12+,13+,15-/m0/s1. The number of esters is 1. The number of carbonyl (C=O) groups is 1. The van der Waals surface area contributed by atoms with E-state index in [2.05, 4.69) is 0 Å². The molecule has 108 valence electrons. The summed E-state index contributed by atoms with van der Waals surface area (Å²) < 4.78 is 16.5. The van der Waals surface area contributed by atoms with E-state index >= 15 is 0 Å². The molecule has 0 saturated carbocycles. The zero-order chi connectivity index (χ0) is 14.1. The van der Waals surface area contributed by atoms with Crippen LogP contribution in [0.1, 0.15) is 12.5 Å². The molecule has 2 heterocycles. The van der Waals surface area contributed by atoms with Crippen molar-refractivity contribution >= 4 is 5.97 Å². The Kier molecular flexibility index (Phi) is 3.74. The van der Waals surface area contributed by atoms with Gasteiger partial charge in [-0.15, -0.1) is 0 Å². The molecule has 0 radical (unpaired) electrons. The van der Waals surface area contributed by atoms with E-state index in [4.69, 9.17) is 14.2 Å². The number of ether oxygens (including phenoxy) is 3. The lowest BCUT2D eigenvalue weighted by Gasteiger charge is -2.35. The van der Waals surface area contributed by atoms with Crippen molar-refractivity contribution < 1.29 is 24.1 Å². The Morgan fingerprint density at radius 3 is 2.85 bits per heavy atom. The van der Waals surface area contributed by atoms with Crippen molar-refractivity contribution in [2.24, 2.45) is 11.8 Å². The normalized spacial score (nSPS) is 36.5.